The monoisotopic (exact) mass is 394 g/mol. The summed E-state index contributed by atoms with van der Waals surface area (Å²) >= 11 is 0. The highest BCUT2D eigenvalue weighted by atomic mass is 28.4. The van der Waals surface area contributed by atoms with Crippen molar-refractivity contribution >= 4 is 8.32 Å². The van der Waals surface area contributed by atoms with E-state index < -0.39 is 13.9 Å². The van der Waals surface area contributed by atoms with E-state index in [4.69, 9.17) is 4.43 Å². The summed E-state index contributed by atoms with van der Waals surface area (Å²) in [6, 6.07) is 0. The fraction of sp³-hybridized carbons (Fsp3) is 0.917. The summed E-state index contributed by atoms with van der Waals surface area (Å²) in [5.74, 6) is 1.33. The van der Waals surface area contributed by atoms with Gasteiger partial charge in [-0.2, -0.15) is 0 Å². The third kappa shape index (κ3) is 5.28. The van der Waals surface area contributed by atoms with Crippen LogP contribution in [0.4, 0.5) is 0 Å². The van der Waals surface area contributed by atoms with E-state index in [1.54, 1.807) is 0 Å². The molecule has 2 aliphatic rings. The molecule has 2 saturated carbocycles. The molecule has 0 amide bonds. The Hall–Kier alpha value is -0.123. The molecule has 0 heterocycles. The summed E-state index contributed by atoms with van der Waals surface area (Å²) in [6.07, 6.45) is 9.84. The quantitative estimate of drug-likeness (QED) is 0.369. The largest absolute Gasteiger partial charge is 0.414 e. The van der Waals surface area contributed by atoms with Crippen LogP contribution in [-0.2, 0) is 4.43 Å². The lowest BCUT2D eigenvalue weighted by molar-refractivity contribution is -0.00398. The Morgan fingerprint density at radius 1 is 1.15 bits per heavy atom. The van der Waals surface area contributed by atoms with E-state index in [1.165, 1.54) is 37.7 Å². The van der Waals surface area contributed by atoms with Crippen molar-refractivity contribution in [2.45, 2.75) is 123 Å². The van der Waals surface area contributed by atoms with Crippen molar-refractivity contribution in [1.29, 1.82) is 0 Å². The standard InChI is InChI=1S/C24H46O2Si/c1-18(12-10-16-23(5,6)25)19-14-15-20-21(13-11-17-24(19,20)7)26-27(8,9)22(2,3)4/h19-21,25H,1,10-17H2,2-9H3/t19?,20?,21-,24+/m0/s1. The van der Waals surface area contributed by atoms with Crippen LogP contribution in [0.15, 0.2) is 12.2 Å². The molecule has 0 spiro atoms. The smallest absolute Gasteiger partial charge is 0.192 e. The van der Waals surface area contributed by atoms with E-state index in [9.17, 15) is 5.11 Å². The van der Waals surface area contributed by atoms with Crippen LogP contribution in [0.1, 0.15) is 92.9 Å². The van der Waals surface area contributed by atoms with E-state index in [2.05, 4.69) is 47.4 Å². The molecule has 0 saturated heterocycles. The number of fused-ring (bicyclic) bond motifs is 1. The zero-order valence-corrected chi connectivity index (χ0v) is 20.5. The van der Waals surface area contributed by atoms with E-state index in [-0.39, 0.29) is 5.04 Å². The van der Waals surface area contributed by atoms with Crippen molar-refractivity contribution in [2.75, 3.05) is 0 Å². The third-order valence-electron chi connectivity index (χ3n) is 8.09. The van der Waals surface area contributed by atoms with Gasteiger partial charge in [0.1, 0.15) is 0 Å². The van der Waals surface area contributed by atoms with Crippen molar-refractivity contribution in [3.8, 4) is 0 Å². The molecular formula is C24H46O2Si. The van der Waals surface area contributed by atoms with Crippen molar-refractivity contribution in [3.05, 3.63) is 12.2 Å². The molecule has 2 fully saturated rings. The number of aliphatic hydroxyl groups is 1. The number of rotatable bonds is 7. The van der Waals surface area contributed by atoms with Gasteiger partial charge in [-0.05, 0) is 94.2 Å². The molecular weight excluding hydrogens is 348 g/mol. The van der Waals surface area contributed by atoms with Crippen molar-refractivity contribution in [3.63, 3.8) is 0 Å². The molecule has 1 N–H and O–H groups in total. The van der Waals surface area contributed by atoms with E-state index >= 15 is 0 Å². The fourth-order valence-electron chi connectivity index (χ4n) is 5.41. The second-order valence-electron chi connectivity index (χ2n) is 11.9. The summed E-state index contributed by atoms with van der Waals surface area (Å²) in [5, 5.41) is 10.3. The number of allylic oxidation sites excluding steroid dienone is 1. The molecule has 2 nitrogen and oxygen atoms in total. The average molecular weight is 395 g/mol. The molecule has 0 bridgehead atoms. The van der Waals surface area contributed by atoms with Gasteiger partial charge in [0, 0.05) is 6.10 Å². The van der Waals surface area contributed by atoms with E-state index in [0.29, 0.717) is 23.4 Å². The second kappa shape index (κ2) is 7.95. The molecule has 0 radical (unpaired) electrons. The lowest BCUT2D eigenvalue weighted by atomic mass is 9.62. The van der Waals surface area contributed by atoms with Gasteiger partial charge in [0.25, 0.3) is 0 Å². The van der Waals surface area contributed by atoms with Gasteiger partial charge in [-0.15, -0.1) is 0 Å². The number of hydrogen-bond acceptors (Lipinski definition) is 2. The first-order valence-corrected chi connectivity index (χ1v) is 14.2. The predicted molar refractivity (Wildman–Crippen MR) is 120 cm³/mol. The van der Waals surface area contributed by atoms with Gasteiger partial charge >= 0.3 is 0 Å². The molecule has 27 heavy (non-hydrogen) atoms. The Bertz CT molecular complexity index is 525. The summed E-state index contributed by atoms with van der Waals surface area (Å²) < 4.78 is 6.95. The van der Waals surface area contributed by atoms with Crippen molar-refractivity contribution in [2.24, 2.45) is 17.3 Å². The van der Waals surface area contributed by atoms with Crippen LogP contribution >= 0.6 is 0 Å². The maximum Gasteiger partial charge on any atom is 0.192 e. The van der Waals surface area contributed by atoms with Gasteiger partial charge in [-0.3, -0.25) is 0 Å². The van der Waals surface area contributed by atoms with Gasteiger partial charge in [-0.1, -0.05) is 46.3 Å². The first-order valence-electron chi connectivity index (χ1n) is 11.3. The van der Waals surface area contributed by atoms with E-state index in [1.807, 2.05) is 13.8 Å². The minimum atomic E-state index is -1.73. The zero-order chi connectivity index (χ0) is 20.7. The van der Waals surface area contributed by atoms with Gasteiger partial charge in [-0.25, -0.2) is 0 Å². The summed E-state index contributed by atoms with van der Waals surface area (Å²) in [4.78, 5) is 0. The Balaban J connectivity index is 2.05. The topological polar surface area (TPSA) is 29.5 Å². The molecule has 2 unspecified atom stereocenters. The molecule has 0 aromatic heterocycles. The lowest BCUT2D eigenvalue weighted by Gasteiger charge is -2.49. The Kier molecular flexibility index (Phi) is 6.82. The highest BCUT2D eigenvalue weighted by Gasteiger charge is 2.53. The minimum Gasteiger partial charge on any atom is -0.414 e. The Morgan fingerprint density at radius 2 is 1.78 bits per heavy atom. The molecule has 2 aliphatic carbocycles. The van der Waals surface area contributed by atoms with Gasteiger partial charge in [0.05, 0.1) is 5.60 Å². The number of hydrogen-bond donors (Lipinski definition) is 1. The normalized spacial score (nSPS) is 32.4. The van der Waals surface area contributed by atoms with Crippen LogP contribution in [0.5, 0.6) is 0 Å². The van der Waals surface area contributed by atoms with Crippen LogP contribution in [0.2, 0.25) is 18.1 Å². The molecule has 158 valence electrons. The summed E-state index contributed by atoms with van der Waals surface area (Å²) in [5.41, 5.74) is 1.23. The molecule has 0 aromatic carbocycles. The minimum absolute atomic E-state index is 0.277. The lowest BCUT2D eigenvalue weighted by Crippen LogP contribution is -2.49. The average Bonchev–Trinajstić information content (AvgIpc) is 2.82. The molecule has 3 heteroatoms. The summed E-state index contributed by atoms with van der Waals surface area (Å²) in [6.45, 7) is 22.7. The molecule has 0 aliphatic heterocycles. The van der Waals surface area contributed by atoms with E-state index in [0.717, 1.165) is 19.3 Å². The molecule has 4 atom stereocenters. The first-order chi connectivity index (χ1) is 12.2. The van der Waals surface area contributed by atoms with Crippen LogP contribution in [-0.4, -0.2) is 25.1 Å². The zero-order valence-electron chi connectivity index (χ0n) is 19.5. The van der Waals surface area contributed by atoms with Gasteiger partial charge in [0.15, 0.2) is 8.32 Å². The van der Waals surface area contributed by atoms with Crippen molar-refractivity contribution in [1.82, 2.24) is 0 Å². The Labute approximate surface area is 170 Å². The maximum absolute atomic E-state index is 10.0. The fourth-order valence-corrected chi connectivity index (χ4v) is 6.80. The van der Waals surface area contributed by atoms with Crippen LogP contribution in [0.25, 0.3) is 0 Å². The summed E-state index contributed by atoms with van der Waals surface area (Å²) in [7, 11) is -1.73. The van der Waals surface area contributed by atoms with Crippen LogP contribution in [0, 0.1) is 17.3 Å². The highest BCUT2D eigenvalue weighted by molar-refractivity contribution is 6.74. The van der Waals surface area contributed by atoms with Crippen molar-refractivity contribution < 1.29 is 9.53 Å². The molecule has 2 rings (SSSR count). The third-order valence-corrected chi connectivity index (χ3v) is 12.6. The molecule has 0 aromatic rings. The SMILES string of the molecule is C=C(CCCC(C)(C)O)C1CCC2[C@@H](O[Si](C)(C)C(C)(C)C)CCC[C@]12C. The second-order valence-corrected chi connectivity index (χ2v) is 16.6. The van der Waals surface area contributed by atoms with Gasteiger partial charge < -0.3 is 9.53 Å². The van der Waals surface area contributed by atoms with Gasteiger partial charge in [0.2, 0.25) is 0 Å². The highest BCUT2D eigenvalue weighted by Crippen LogP contribution is 2.59. The van der Waals surface area contributed by atoms with Crippen LogP contribution in [0.3, 0.4) is 0 Å². The van der Waals surface area contributed by atoms with Crippen LogP contribution < -0.4 is 0 Å². The maximum atomic E-state index is 10.0. The first kappa shape index (κ1) is 23.2. The predicted octanol–water partition coefficient (Wildman–Crippen LogP) is 7.09. The Morgan fingerprint density at radius 3 is 2.33 bits per heavy atom.